The molecule has 0 fully saturated rings. The molecule has 4 aromatic heterocycles. The molecule has 32 heavy (non-hydrogen) atoms. The van der Waals surface area contributed by atoms with Crippen molar-refractivity contribution in [2.75, 3.05) is 11.9 Å². The lowest BCUT2D eigenvalue weighted by Gasteiger charge is -2.27. The fourth-order valence-corrected chi connectivity index (χ4v) is 5.10. The van der Waals surface area contributed by atoms with E-state index in [1.54, 1.807) is 17.4 Å². The highest BCUT2D eigenvalue weighted by Crippen LogP contribution is 2.31. The lowest BCUT2D eigenvalue weighted by molar-refractivity contribution is 0.102. The Morgan fingerprint density at radius 1 is 1.34 bits per heavy atom. The number of hydrogen-bond donors (Lipinski definition) is 2. The van der Waals surface area contributed by atoms with Gasteiger partial charge in [0.05, 0.1) is 11.3 Å². The van der Waals surface area contributed by atoms with Crippen molar-refractivity contribution in [3.05, 3.63) is 56.7 Å². The van der Waals surface area contributed by atoms with Gasteiger partial charge in [-0.05, 0) is 30.5 Å². The van der Waals surface area contributed by atoms with E-state index < -0.39 is 0 Å². The fourth-order valence-electron chi connectivity index (χ4n) is 3.98. The largest absolute Gasteiger partial charge is 0.338 e. The van der Waals surface area contributed by atoms with E-state index in [-0.39, 0.29) is 11.3 Å². The van der Waals surface area contributed by atoms with Crippen molar-refractivity contribution in [3.63, 3.8) is 0 Å². The van der Waals surface area contributed by atoms with Gasteiger partial charge in [0.25, 0.3) is 5.91 Å². The van der Waals surface area contributed by atoms with Crippen molar-refractivity contribution < 1.29 is 9.32 Å². The number of hydrogen-bond acceptors (Lipinski definition) is 7. The molecule has 0 saturated carbocycles. The molecular formula is C23H26N6O2S. The van der Waals surface area contributed by atoms with Crippen LogP contribution in [0.25, 0.3) is 11.0 Å². The number of nitrogens with zero attached hydrogens (tertiary/aromatic N) is 4. The number of rotatable bonds is 4. The van der Waals surface area contributed by atoms with E-state index in [0.29, 0.717) is 5.88 Å². The Hall–Kier alpha value is -3.04. The summed E-state index contributed by atoms with van der Waals surface area (Å²) in [5.74, 6) is 0.243. The molecule has 0 spiro atoms. The monoisotopic (exact) mass is 450 g/mol. The SMILES string of the molecule is Cc1[nH]nc2ncc(CN3CCc4c(C(=O)Nc5cc(C(C)(C)C)no5)csc4C3)cc12. The first-order valence-corrected chi connectivity index (χ1v) is 11.6. The van der Waals surface area contributed by atoms with Gasteiger partial charge >= 0.3 is 0 Å². The topological polar surface area (TPSA) is 99.9 Å². The summed E-state index contributed by atoms with van der Waals surface area (Å²) < 4.78 is 5.32. The van der Waals surface area contributed by atoms with Crippen LogP contribution < -0.4 is 5.32 Å². The third-order valence-electron chi connectivity index (χ3n) is 5.85. The first-order valence-electron chi connectivity index (χ1n) is 10.7. The molecule has 5 heterocycles. The number of aromatic nitrogens is 4. The molecule has 0 aromatic carbocycles. The summed E-state index contributed by atoms with van der Waals surface area (Å²) in [5, 5.41) is 17.1. The van der Waals surface area contributed by atoms with Crippen LogP contribution in [0.5, 0.6) is 0 Å². The Bertz CT molecular complexity index is 1300. The number of aromatic amines is 1. The average Bonchev–Trinajstić information content (AvgIpc) is 3.46. The molecule has 1 aliphatic rings. The number of anilines is 1. The van der Waals surface area contributed by atoms with E-state index in [1.165, 1.54) is 10.4 Å². The molecule has 5 rings (SSSR count). The van der Waals surface area contributed by atoms with Gasteiger partial charge in [-0.1, -0.05) is 25.9 Å². The van der Waals surface area contributed by atoms with Gasteiger partial charge in [-0.2, -0.15) is 5.10 Å². The Morgan fingerprint density at radius 2 is 2.19 bits per heavy atom. The molecule has 9 heteroatoms. The van der Waals surface area contributed by atoms with Crippen LogP contribution >= 0.6 is 11.3 Å². The van der Waals surface area contributed by atoms with Crippen molar-refractivity contribution in [2.24, 2.45) is 0 Å². The van der Waals surface area contributed by atoms with Crippen LogP contribution in [0.4, 0.5) is 5.88 Å². The Morgan fingerprint density at radius 3 is 2.97 bits per heavy atom. The van der Waals surface area contributed by atoms with Crippen molar-refractivity contribution in [2.45, 2.75) is 52.6 Å². The highest BCUT2D eigenvalue weighted by molar-refractivity contribution is 7.10. The van der Waals surface area contributed by atoms with Gasteiger partial charge in [-0.15, -0.1) is 11.3 Å². The van der Waals surface area contributed by atoms with Crippen LogP contribution in [0.15, 0.2) is 28.2 Å². The molecule has 166 valence electrons. The number of aryl methyl sites for hydroxylation is 1. The van der Waals surface area contributed by atoms with E-state index >= 15 is 0 Å². The average molecular weight is 451 g/mol. The summed E-state index contributed by atoms with van der Waals surface area (Å²) in [6.07, 6.45) is 2.74. The first-order chi connectivity index (χ1) is 15.3. The molecule has 1 amide bonds. The van der Waals surface area contributed by atoms with E-state index in [9.17, 15) is 4.79 Å². The number of fused-ring (bicyclic) bond motifs is 2. The van der Waals surface area contributed by atoms with Gasteiger partial charge in [0.2, 0.25) is 5.88 Å². The molecule has 0 saturated heterocycles. The Labute approximate surface area is 190 Å². The minimum absolute atomic E-state index is 0.131. The number of carbonyl (C=O) groups is 1. The second-order valence-corrected chi connectivity index (χ2v) is 10.3. The zero-order valence-electron chi connectivity index (χ0n) is 18.7. The van der Waals surface area contributed by atoms with E-state index in [2.05, 4.69) is 57.4 Å². The highest BCUT2D eigenvalue weighted by atomic mass is 32.1. The van der Waals surface area contributed by atoms with Crippen molar-refractivity contribution in [3.8, 4) is 0 Å². The standard InChI is InChI=1S/C23H26N6O2S/c1-13-16-7-14(9-24-21(16)27-26-13)10-29-6-5-15-17(12-32-18(15)11-29)22(30)25-20-8-19(28-31-20)23(2,3)4/h7-9,12H,5-6,10-11H2,1-4H3,(H,25,30)(H,24,26,27). The molecule has 2 N–H and O–H groups in total. The zero-order valence-corrected chi connectivity index (χ0v) is 19.5. The van der Waals surface area contributed by atoms with Crippen molar-refractivity contribution in [1.29, 1.82) is 0 Å². The lowest BCUT2D eigenvalue weighted by Crippen LogP contribution is -2.30. The van der Waals surface area contributed by atoms with Crippen LogP contribution in [0, 0.1) is 6.92 Å². The zero-order chi connectivity index (χ0) is 22.5. The van der Waals surface area contributed by atoms with Crippen molar-refractivity contribution in [1.82, 2.24) is 25.2 Å². The molecule has 0 bridgehead atoms. The first kappa shape index (κ1) is 20.8. The van der Waals surface area contributed by atoms with E-state index in [0.717, 1.165) is 59.6 Å². The van der Waals surface area contributed by atoms with Crippen LogP contribution in [-0.4, -0.2) is 37.7 Å². The summed E-state index contributed by atoms with van der Waals surface area (Å²) in [4.78, 5) is 21.0. The number of amides is 1. The molecular weight excluding hydrogens is 424 g/mol. The fraction of sp³-hybridized carbons (Fsp3) is 0.391. The molecule has 0 aliphatic carbocycles. The van der Waals surface area contributed by atoms with Gasteiger partial charge in [0, 0.05) is 58.6 Å². The molecule has 0 radical (unpaired) electrons. The smallest absolute Gasteiger partial charge is 0.259 e. The predicted octanol–water partition coefficient (Wildman–Crippen LogP) is 4.42. The third kappa shape index (κ3) is 3.93. The normalized spacial score (nSPS) is 14.6. The maximum absolute atomic E-state index is 12.9. The Balaban J connectivity index is 1.27. The second-order valence-electron chi connectivity index (χ2n) is 9.36. The number of H-pyrrole nitrogens is 1. The lowest BCUT2D eigenvalue weighted by atomic mass is 9.92. The van der Waals surface area contributed by atoms with Crippen molar-refractivity contribution >= 4 is 34.2 Å². The highest BCUT2D eigenvalue weighted by Gasteiger charge is 2.25. The van der Waals surface area contributed by atoms with Gasteiger partial charge in [-0.25, -0.2) is 4.98 Å². The summed E-state index contributed by atoms with van der Waals surface area (Å²) in [5.41, 5.74) is 5.50. The Kier molecular flexibility index (Phi) is 5.10. The third-order valence-corrected chi connectivity index (χ3v) is 6.86. The summed E-state index contributed by atoms with van der Waals surface area (Å²) >= 11 is 1.64. The molecule has 0 atom stereocenters. The molecule has 8 nitrogen and oxygen atoms in total. The minimum atomic E-state index is -0.141. The van der Waals surface area contributed by atoms with Crippen LogP contribution in [0.3, 0.4) is 0 Å². The quantitative estimate of drug-likeness (QED) is 0.477. The summed E-state index contributed by atoms with van der Waals surface area (Å²) in [7, 11) is 0. The number of pyridine rings is 1. The van der Waals surface area contributed by atoms with E-state index in [1.807, 2.05) is 18.5 Å². The minimum Gasteiger partial charge on any atom is -0.338 e. The molecule has 1 aliphatic heterocycles. The predicted molar refractivity (Wildman–Crippen MR) is 124 cm³/mol. The molecule has 4 aromatic rings. The maximum Gasteiger partial charge on any atom is 0.259 e. The van der Waals surface area contributed by atoms with Gasteiger partial charge in [0.1, 0.15) is 0 Å². The number of nitrogens with one attached hydrogen (secondary N) is 2. The second kappa shape index (κ2) is 7.83. The van der Waals surface area contributed by atoms with Gasteiger partial charge in [-0.3, -0.25) is 20.1 Å². The van der Waals surface area contributed by atoms with Crippen LogP contribution in [0.2, 0.25) is 0 Å². The van der Waals surface area contributed by atoms with Crippen LogP contribution in [0.1, 0.15) is 58.5 Å². The number of thiophene rings is 1. The van der Waals surface area contributed by atoms with Gasteiger partial charge in [0.15, 0.2) is 5.65 Å². The number of carbonyl (C=O) groups excluding carboxylic acids is 1. The molecule has 0 unspecified atom stereocenters. The maximum atomic E-state index is 12.9. The van der Waals surface area contributed by atoms with Crippen LogP contribution in [-0.2, 0) is 24.9 Å². The summed E-state index contributed by atoms with van der Waals surface area (Å²) in [6, 6.07) is 3.96. The van der Waals surface area contributed by atoms with Gasteiger partial charge < -0.3 is 4.52 Å². The van der Waals surface area contributed by atoms with E-state index in [4.69, 9.17) is 4.52 Å². The summed E-state index contributed by atoms with van der Waals surface area (Å²) in [6.45, 7) is 10.7.